The molecule has 0 bridgehead atoms. The Morgan fingerprint density at radius 2 is 2.00 bits per heavy atom. The van der Waals surface area contributed by atoms with Crippen LogP contribution < -0.4 is 5.73 Å². The normalized spacial score (nSPS) is 10.8. The highest BCUT2D eigenvalue weighted by molar-refractivity contribution is 9.10. The smallest absolute Gasteiger partial charge is 0.253 e. The molecule has 1 amide bonds. The van der Waals surface area contributed by atoms with Crippen LogP contribution in [0.1, 0.15) is 29.8 Å². The van der Waals surface area contributed by atoms with E-state index in [9.17, 15) is 4.79 Å². The van der Waals surface area contributed by atoms with E-state index in [4.69, 9.17) is 5.73 Å². The fourth-order valence-electron chi connectivity index (χ4n) is 1.85. The van der Waals surface area contributed by atoms with E-state index >= 15 is 0 Å². The van der Waals surface area contributed by atoms with E-state index in [0.29, 0.717) is 13.1 Å². The molecule has 3 nitrogen and oxygen atoms in total. The van der Waals surface area contributed by atoms with Crippen LogP contribution in [0.2, 0.25) is 0 Å². The van der Waals surface area contributed by atoms with Crippen molar-refractivity contribution in [3.05, 3.63) is 33.8 Å². The summed E-state index contributed by atoms with van der Waals surface area (Å²) in [5.41, 5.74) is 7.36. The molecule has 0 spiro atoms. The van der Waals surface area contributed by atoms with Crippen molar-refractivity contribution >= 4 is 34.2 Å². The molecule has 0 aliphatic rings. The maximum atomic E-state index is 12.3. The second-order valence-electron chi connectivity index (χ2n) is 5.49. The molecule has 0 atom stereocenters. The first kappa shape index (κ1) is 18.4. The molecule has 1 aromatic rings. The summed E-state index contributed by atoms with van der Waals surface area (Å²) in [5.74, 6) is 0.0431. The van der Waals surface area contributed by atoms with Gasteiger partial charge in [-0.25, -0.2) is 0 Å². The van der Waals surface area contributed by atoms with Gasteiger partial charge >= 0.3 is 0 Å². The summed E-state index contributed by atoms with van der Waals surface area (Å²) in [6, 6.07) is 5.70. The zero-order valence-electron chi connectivity index (χ0n) is 11.9. The lowest BCUT2D eigenvalue weighted by Crippen LogP contribution is -2.39. The first-order valence-corrected chi connectivity index (χ1v) is 6.78. The van der Waals surface area contributed by atoms with E-state index < -0.39 is 0 Å². The highest BCUT2D eigenvalue weighted by Gasteiger charge is 2.22. The number of rotatable bonds is 4. The summed E-state index contributed by atoms with van der Waals surface area (Å²) >= 11 is 3.40. The van der Waals surface area contributed by atoms with Crippen LogP contribution in [-0.2, 0) is 0 Å². The van der Waals surface area contributed by atoms with Crippen LogP contribution in [0.3, 0.4) is 0 Å². The molecule has 0 aliphatic carbocycles. The minimum atomic E-state index is -0.0618. The van der Waals surface area contributed by atoms with Gasteiger partial charge in [0.2, 0.25) is 0 Å². The molecule has 0 aliphatic heterocycles. The minimum absolute atomic E-state index is 0. The van der Waals surface area contributed by atoms with E-state index in [1.54, 1.807) is 4.90 Å². The van der Waals surface area contributed by atoms with Crippen molar-refractivity contribution in [3.63, 3.8) is 0 Å². The molecule has 0 radical (unpaired) electrons. The zero-order chi connectivity index (χ0) is 13.9. The monoisotopic (exact) mass is 348 g/mol. The van der Waals surface area contributed by atoms with Gasteiger partial charge < -0.3 is 10.6 Å². The molecule has 0 unspecified atom stereocenters. The number of nitrogens with two attached hydrogens (primary N) is 1. The first-order valence-electron chi connectivity index (χ1n) is 5.98. The quantitative estimate of drug-likeness (QED) is 0.907. The number of benzene rings is 1. The molecule has 2 N–H and O–H groups in total. The molecule has 0 heterocycles. The highest BCUT2D eigenvalue weighted by Crippen LogP contribution is 2.19. The van der Waals surface area contributed by atoms with Gasteiger partial charge in [0.05, 0.1) is 0 Å². The van der Waals surface area contributed by atoms with E-state index in [0.717, 1.165) is 15.6 Å². The molecule has 108 valence electrons. The largest absolute Gasteiger partial charge is 0.341 e. The third-order valence-corrected chi connectivity index (χ3v) is 3.48. The van der Waals surface area contributed by atoms with Gasteiger partial charge in [0.1, 0.15) is 0 Å². The SMILES string of the molecule is Cc1cc(Br)ccc1C(=O)N(C)CC(C)(C)CN.Cl. The van der Waals surface area contributed by atoms with Crippen LogP contribution >= 0.6 is 28.3 Å². The van der Waals surface area contributed by atoms with Crippen molar-refractivity contribution < 1.29 is 4.79 Å². The third-order valence-electron chi connectivity index (χ3n) is 2.98. The van der Waals surface area contributed by atoms with Gasteiger partial charge in [-0.05, 0) is 42.6 Å². The first-order chi connectivity index (χ1) is 8.26. The van der Waals surface area contributed by atoms with Gasteiger partial charge in [0.15, 0.2) is 0 Å². The van der Waals surface area contributed by atoms with Crippen LogP contribution in [0.15, 0.2) is 22.7 Å². The van der Waals surface area contributed by atoms with Crippen LogP contribution in [0.5, 0.6) is 0 Å². The standard InChI is InChI=1S/C14H21BrN2O.ClH/c1-10-7-11(15)5-6-12(10)13(18)17(4)9-14(2,3)8-16;/h5-7H,8-9,16H2,1-4H3;1H. The second kappa shape index (κ2) is 7.27. The lowest BCUT2D eigenvalue weighted by atomic mass is 9.93. The summed E-state index contributed by atoms with van der Waals surface area (Å²) in [6.07, 6.45) is 0. The zero-order valence-corrected chi connectivity index (χ0v) is 14.3. The number of nitrogens with zero attached hydrogens (tertiary/aromatic N) is 1. The molecule has 0 saturated heterocycles. The van der Waals surface area contributed by atoms with Gasteiger partial charge in [-0.1, -0.05) is 29.8 Å². The van der Waals surface area contributed by atoms with Crippen LogP contribution in [0.25, 0.3) is 0 Å². The predicted molar refractivity (Wildman–Crippen MR) is 85.9 cm³/mol. The van der Waals surface area contributed by atoms with Gasteiger partial charge in [-0.15, -0.1) is 12.4 Å². The number of carbonyl (C=O) groups is 1. The fraction of sp³-hybridized carbons (Fsp3) is 0.500. The Balaban J connectivity index is 0.00000324. The van der Waals surface area contributed by atoms with Crippen molar-refractivity contribution in [1.82, 2.24) is 4.90 Å². The second-order valence-corrected chi connectivity index (χ2v) is 6.40. The maximum absolute atomic E-state index is 12.3. The molecule has 1 aromatic carbocycles. The molecule has 0 fully saturated rings. The lowest BCUT2D eigenvalue weighted by Gasteiger charge is -2.29. The summed E-state index contributed by atoms with van der Waals surface area (Å²) in [4.78, 5) is 14.1. The van der Waals surface area contributed by atoms with Gasteiger partial charge in [0.25, 0.3) is 5.91 Å². The molecule has 0 saturated carbocycles. The number of carbonyl (C=O) groups excluding carboxylic acids is 1. The van der Waals surface area contributed by atoms with E-state index in [1.165, 1.54) is 0 Å². The number of amides is 1. The fourth-order valence-corrected chi connectivity index (χ4v) is 2.33. The Morgan fingerprint density at radius 1 is 1.42 bits per heavy atom. The van der Waals surface area contributed by atoms with Crippen molar-refractivity contribution in [3.8, 4) is 0 Å². The van der Waals surface area contributed by atoms with E-state index in [-0.39, 0.29) is 23.7 Å². The van der Waals surface area contributed by atoms with Crippen LogP contribution in [-0.4, -0.2) is 30.9 Å². The summed E-state index contributed by atoms with van der Waals surface area (Å²) in [6.45, 7) is 7.28. The highest BCUT2D eigenvalue weighted by atomic mass is 79.9. The van der Waals surface area contributed by atoms with E-state index in [2.05, 4.69) is 29.8 Å². The number of hydrogen-bond donors (Lipinski definition) is 1. The van der Waals surface area contributed by atoms with E-state index in [1.807, 2.05) is 32.2 Å². The van der Waals surface area contributed by atoms with Gasteiger partial charge in [-0.3, -0.25) is 4.79 Å². The molecule has 19 heavy (non-hydrogen) atoms. The molecule has 1 rings (SSSR count). The minimum Gasteiger partial charge on any atom is -0.341 e. The van der Waals surface area contributed by atoms with Gasteiger partial charge in [-0.2, -0.15) is 0 Å². The Hall–Kier alpha value is -0.580. The Morgan fingerprint density at radius 3 is 2.47 bits per heavy atom. The Labute approximate surface area is 130 Å². The molecule has 5 heteroatoms. The average Bonchev–Trinajstić information content (AvgIpc) is 2.27. The predicted octanol–water partition coefficient (Wildman–Crippen LogP) is 3.24. The number of aryl methyl sites for hydroxylation is 1. The molecule has 0 aromatic heterocycles. The van der Waals surface area contributed by atoms with Crippen molar-refractivity contribution in [2.24, 2.45) is 11.1 Å². The van der Waals surface area contributed by atoms with Crippen molar-refractivity contribution in [2.45, 2.75) is 20.8 Å². The van der Waals surface area contributed by atoms with Gasteiger partial charge in [0, 0.05) is 23.6 Å². The summed E-state index contributed by atoms with van der Waals surface area (Å²) in [7, 11) is 1.82. The van der Waals surface area contributed by atoms with Crippen molar-refractivity contribution in [1.29, 1.82) is 0 Å². The summed E-state index contributed by atoms with van der Waals surface area (Å²) < 4.78 is 0.987. The van der Waals surface area contributed by atoms with Crippen LogP contribution in [0, 0.1) is 12.3 Å². The van der Waals surface area contributed by atoms with Crippen LogP contribution in [0.4, 0.5) is 0 Å². The third kappa shape index (κ3) is 5.13. The average molecular weight is 350 g/mol. The Bertz CT molecular complexity index is 449. The number of hydrogen-bond acceptors (Lipinski definition) is 2. The molecular formula is C14H22BrClN2O. The molecular weight excluding hydrogens is 328 g/mol. The lowest BCUT2D eigenvalue weighted by molar-refractivity contribution is 0.0740. The Kier molecular flexibility index (Phi) is 7.05. The van der Waals surface area contributed by atoms with Crippen molar-refractivity contribution in [2.75, 3.05) is 20.1 Å². The topological polar surface area (TPSA) is 46.3 Å². The summed E-state index contributed by atoms with van der Waals surface area (Å²) in [5, 5.41) is 0. The maximum Gasteiger partial charge on any atom is 0.253 e. The number of halogens is 2.